The van der Waals surface area contributed by atoms with Gasteiger partial charge >= 0.3 is 4.87 Å². The van der Waals surface area contributed by atoms with Crippen LogP contribution in [-0.4, -0.2) is 11.1 Å². The van der Waals surface area contributed by atoms with Crippen LogP contribution in [0.3, 0.4) is 0 Å². The number of benzene rings is 1. The van der Waals surface area contributed by atoms with Crippen LogP contribution in [0.4, 0.5) is 0 Å². The maximum absolute atomic E-state index is 12.3. The molecule has 0 amide bonds. The van der Waals surface area contributed by atoms with Crippen LogP contribution in [0.15, 0.2) is 23.0 Å². The van der Waals surface area contributed by atoms with Crippen molar-refractivity contribution in [3.05, 3.63) is 43.9 Å². The molecule has 1 aromatic heterocycles. The number of fused-ring (bicyclic) bond motifs is 1. The monoisotopic (exact) mass is 316 g/mol. The number of nitrogens with two attached hydrogens (primary N) is 1. The molecule has 2 aromatic rings. The van der Waals surface area contributed by atoms with Gasteiger partial charge in [-0.05, 0) is 74.8 Å². The third kappa shape index (κ3) is 3.03. The third-order valence-electron chi connectivity index (χ3n) is 4.52. The van der Waals surface area contributed by atoms with E-state index in [1.54, 1.807) is 0 Å². The van der Waals surface area contributed by atoms with Crippen LogP contribution in [0.5, 0.6) is 0 Å². The molecule has 0 atom stereocenters. The fourth-order valence-electron chi connectivity index (χ4n) is 3.37. The summed E-state index contributed by atoms with van der Waals surface area (Å²) in [5.74, 6) is 0. The van der Waals surface area contributed by atoms with Gasteiger partial charge in [-0.1, -0.05) is 23.5 Å². The lowest BCUT2D eigenvalue weighted by Crippen LogP contribution is -2.15. The van der Waals surface area contributed by atoms with Gasteiger partial charge in [0.1, 0.15) is 0 Å². The van der Waals surface area contributed by atoms with Crippen molar-refractivity contribution in [3.63, 3.8) is 0 Å². The lowest BCUT2D eigenvalue weighted by Gasteiger charge is -2.17. The van der Waals surface area contributed by atoms with Crippen LogP contribution in [-0.2, 0) is 19.4 Å². The second kappa shape index (κ2) is 6.80. The Labute approximate surface area is 135 Å². The molecule has 0 bridgehead atoms. The summed E-state index contributed by atoms with van der Waals surface area (Å²) >= 11 is 1.36. The molecule has 0 aliphatic heterocycles. The number of unbranched alkanes of at least 4 members (excludes halogenated alkanes) is 1. The highest BCUT2D eigenvalue weighted by Gasteiger charge is 2.16. The molecule has 0 radical (unpaired) electrons. The second-order valence-electron chi connectivity index (χ2n) is 6.11. The van der Waals surface area contributed by atoms with E-state index in [1.165, 1.54) is 53.7 Å². The largest absolute Gasteiger partial charge is 0.330 e. The number of nitrogens with zero attached hydrogens (tertiary/aromatic N) is 1. The number of hydrogen-bond acceptors (Lipinski definition) is 3. The van der Waals surface area contributed by atoms with Crippen LogP contribution < -0.4 is 10.6 Å². The van der Waals surface area contributed by atoms with Crippen molar-refractivity contribution in [2.45, 2.75) is 52.0 Å². The summed E-state index contributed by atoms with van der Waals surface area (Å²) in [7, 11) is 0. The van der Waals surface area contributed by atoms with Crippen LogP contribution >= 0.6 is 11.3 Å². The zero-order valence-electron chi connectivity index (χ0n) is 13.2. The molecule has 3 rings (SSSR count). The Kier molecular flexibility index (Phi) is 4.79. The van der Waals surface area contributed by atoms with E-state index in [1.807, 2.05) is 4.57 Å². The maximum Gasteiger partial charge on any atom is 0.307 e. The molecule has 118 valence electrons. The third-order valence-corrected chi connectivity index (χ3v) is 5.42. The number of rotatable bonds is 5. The second-order valence-corrected chi connectivity index (χ2v) is 7.28. The maximum atomic E-state index is 12.3. The van der Waals surface area contributed by atoms with E-state index in [9.17, 15) is 4.79 Å². The summed E-state index contributed by atoms with van der Waals surface area (Å²) < 4.78 is 1.94. The zero-order valence-corrected chi connectivity index (χ0v) is 14.0. The summed E-state index contributed by atoms with van der Waals surface area (Å²) in [5.41, 5.74) is 10.8. The molecule has 0 fully saturated rings. The van der Waals surface area contributed by atoms with Crippen molar-refractivity contribution in [1.29, 1.82) is 0 Å². The number of aromatic nitrogens is 1. The van der Waals surface area contributed by atoms with Crippen molar-refractivity contribution in [3.8, 4) is 11.3 Å². The Morgan fingerprint density at radius 1 is 1.18 bits per heavy atom. The normalized spacial score (nSPS) is 14.1. The van der Waals surface area contributed by atoms with Crippen molar-refractivity contribution in [2.75, 3.05) is 6.54 Å². The van der Waals surface area contributed by atoms with Crippen molar-refractivity contribution < 1.29 is 0 Å². The molecule has 3 nitrogen and oxygen atoms in total. The van der Waals surface area contributed by atoms with E-state index in [-0.39, 0.29) is 4.87 Å². The van der Waals surface area contributed by atoms with Gasteiger partial charge in [0.25, 0.3) is 0 Å². The Balaban J connectivity index is 1.98. The van der Waals surface area contributed by atoms with Crippen LogP contribution in [0.1, 0.15) is 41.7 Å². The number of thiazole rings is 1. The topological polar surface area (TPSA) is 48.0 Å². The van der Waals surface area contributed by atoms with Crippen LogP contribution in [0.2, 0.25) is 0 Å². The van der Waals surface area contributed by atoms with E-state index < -0.39 is 0 Å². The molecule has 1 aromatic carbocycles. The van der Waals surface area contributed by atoms with Gasteiger partial charge in [0.05, 0.1) is 5.69 Å². The average molecular weight is 316 g/mol. The first-order valence-corrected chi connectivity index (χ1v) is 9.05. The molecule has 0 spiro atoms. The highest BCUT2D eigenvalue weighted by Crippen LogP contribution is 2.30. The molecule has 4 heteroatoms. The standard InChI is InChI=1S/C18H24N2OS/c1-13-17(20(18(21)22-13)11-5-4-10-19)16-9-8-14-6-2-3-7-15(14)12-16/h8-9,12H,2-7,10-11,19H2,1H3. The average Bonchev–Trinajstić information content (AvgIpc) is 2.81. The van der Waals surface area contributed by atoms with E-state index in [4.69, 9.17) is 5.73 Å². The Morgan fingerprint density at radius 3 is 2.73 bits per heavy atom. The zero-order chi connectivity index (χ0) is 15.5. The summed E-state index contributed by atoms with van der Waals surface area (Å²) in [6.45, 7) is 3.51. The Morgan fingerprint density at radius 2 is 1.95 bits per heavy atom. The summed E-state index contributed by atoms with van der Waals surface area (Å²) in [6.07, 6.45) is 6.87. The summed E-state index contributed by atoms with van der Waals surface area (Å²) in [4.78, 5) is 13.5. The molecule has 1 aliphatic rings. The number of hydrogen-bond donors (Lipinski definition) is 1. The molecule has 2 N–H and O–H groups in total. The van der Waals surface area contributed by atoms with Crippen molar-refractivity contribution >= 4 is 11.3 Å². The van der Waals surface area contributed by atoms with Gasteiger partial charge in [0.15, 0.2) is 0 Å². The summed E-state index contributed by atoms with van der Waals surface area (Å²) in [5, 5.41) is 0. The lowest BCUT2D eigenvalue weighted by molar-refractivity contribution is 0.612. The van der Waals surface area contributed by atoms with Gasteiger partial charge in [-0.3, -0.25) is 9.36 Å². The molecule has 22 heavy (non-hydrogen) atoms. The van der Waals surface area contributed by atoms with E-state index in [2.05, 4.69) is 25.1 Å². The fourth-order valence-corrected chi connectivity index (χ4v) is 4.25. The van der Waals surface area contributed by atoms with E-state index in [0.29, 0.717) is 6.54 Å². The van der Waals surface area contributed by atoms with Gasteiger partial charge in [-0.2, -0.15) is 0 Å². The SMILES string of the molecule is Cc1sc(=O)n(CCCCN)c1-c1ccc2c(c1)CCCC2. The highest BCUT2D eigenvalue weighted by atomic mass is 32.1. The van der Waals surface area contributed by atoms with Crippen LogP contribution in [0, 0.1) is 6.92 Å². The van der Waals surface area contributed by atoms with E-state index in [0.717, 1.165) is 30.0 Å². The first-order chi connectivity index (χ1) is 10.7. The van der Waals surface area contributed by atoms with Gasteiger partial charge in [0.2, 0.25) is 0 Å². The molecule has 0 unspecified atom stereocenters. The predicted octanol–water partition coefficient (Wildman–Crippen LogP) is 3.50. The minimum absolute atomic E-state index is 0.155. The first-order valence-electron chi connectivity index (χ1n) is 8.23. The van der Waals surface area contributed by atoms with Gasteiger partial charge in [0, 0.05) is 11.4 Å². The predicted molar refractivity (Wildman–Crippen MR) is 93.7 cm³/mol. The van der Waals surface area contributed by atoms with E-state index >= 15 is 0 Å². The smallest absolute Gasteiger partial charge is 0.307 e. The van der Waals surface area contributed by atoms with Crippen molar-refractivity contribution in [1.82, 2.24) is 4.57 Å². The number of aryl methyl sites for hydroxylation is 3. The van der Waals surface area contributed by atoms with Gasteiger partial charge in [-0.25, -0.2) is 0 Å². The molecule has 0 saturated carbocycles. The molecule has 1 heterocycles. The van der Waals surface area contributed by atoms with Crippen LogP contribution in [0.25, 0.3) is 11.3 Å². The summed E-state index contributed by atoms with van der Waals surface area (Å²) in [6, 6.07) is 6.76. The Bertz CT molecular complexity index is 714. The minimum atomic E-state index is 0.155. The lowest BCUT2D eigenvalue weighted by atomic mass is 9.90. The molecule has 0 saturated heterocycles. The van der Waals surface area contributed by atoms with Gasteiger partial charge in [-0.15, -0.1) is 0 Å². The molecule has 1 aliphatic carbocycles. The highest BCUT2D eigenvalue weighted by molar-refractivity contribution is 7.09. The van der Waals surface area contributed by atoms with Crippen molar-refractivity contribution in [2.24, 2.45) is 5.73 Å². The quantitative estimate of drug-likeness (QED) is 0.858. The van der Waals surface area contributed by atoms with Gasteiger partial charge < -0.3 is 5.73 Å². The first kappa shape index (κ1) is 15.5. The Hall–Kier alpha value is -1.39. The molecular weight excluding hydrogens is 292 g/mol. The minimum Gasteiger partial charge on any atom is -0.330 e. The fraction of sp³-hybridized carbons (Fsp3) is 0.500. The molecular formula is C18H24N2OS.